The molecule has 3 aliphatic heterocycles. The predicted octanol–water partition coefficient (Wildman–Crippen LogP) is 3.66. The average molecular weight is 549 g/mol. The van der Waals surface area contributed by atoms with Gasteiger partial charge in [-0.2, -0.15) is 0 Å². The molecule has 2 aliphatic carbocycles. The standard InChI is InChI=1S/C30H28O10/c31-15-4-1-3-13(9-15)27-21(36)11-16-19(34)12-23-25(28(16)38-27)26-24-18(33)5-2-6-22(24)39-30(40-23,29(26)37)14-7-8-17(32)20(35)10-14/h1-8,12-14,21,26-27,29,31-37H,9-11H2/t13?,14?,21-,26?,27?,29?,30+/m1/s1. The summed E-state index contributed by atoms with van der Waals surface area (Å²) in [6.07, 6.45) is 5.02. The average Bonchev–Trinajstić information content (AvgIpc) is 2.91. The molecular weight excluding hydrogens is 520 g/mol. The lowest BCUT2D eigenvalue weighted by atomic mass is 9.71. The van der Waals surface area contributed by atoms with Gasteiger partial charge in [0.1, 0.15) is 46.7 Å². The lowest BCUT2D eigenvalue weighted by Crippen LogP contribution is -2.64. The topological polar surface area (TPSA) is 169 Å². The molecule has 2 bridgehead atoms. The van der Waals surface area contributed by atoms with Gasteiger partial charge in [0.2, 0.25) is 0 Å². The Labute approximate surface area is 228 Å². The van der Waals surface area contributed by atoms with Gasteiger partial charge in [0.15, 0.2) is 5.76 Å². The molecule has 5 aliphatic rings. The van der Waals surface area contributed by atoms with Crippen molar-refractivity contribution in [3.63, 3.8) is 0 Å². The number of aliphatic hydroxyl groups excluding tert-OH is 5. The summed E-state index contributed by atoms with van der Waals surface area (Å²) in [7, 11) is 0. The minimum absolute atomic E-state index is 0.0509. The molecule has 5 unspecified atom stereocenters. The van der Waals surface area contributed by atoms with Crippen LogP contribution in [0.2, 0.25) is 0 Å². The molecule has 0 aromatic heterocycles. The van der Waals surface area contributed by atoms with Crippen LogP contribution in [0.1, 0.15) is 35.4 Å². The highest BCUT2D eigenvalue weighted by atomic mass is 16.7. The van der Waals surface area contributed by atoms with Crippen LogP contribution in [0.3, 0.4) is 0 Å². The van der Waals surface area contributed by atoms with E-state index in [1.165, 1.54) is 18.2 Å². The lowest BCUT2D eigenvalue weighted by molar-refractivity contribution is -0.233. The SMILES string of the molecule is OC1=CC=CC(C2Oc3c(c(O)cc4c3C3c5c(O)cccc5O[C@@](C5C=CC(O)=C(O)C5)(O4)C3O)C[C@H]2O)C1. The van der Waals surface area contributed by atoms with Crippen molar-refractivity contribution >= 4 is 0 Å². The summed E-state index contributed by atoms with van der Waals surface area (Å²) < 4.78 is 19.1. The van der Waals surface area contributed by atoms with Gasteiger partial charge in [0.25, 0.3) is 5.79 Å². The van der Waals surface area contributed by atoms with E-state index in [1.54, 1.807) is 30.4 Å². The fourth-order valence-electron chi connectivity index (χ4n) is 6.66. The van der Waals surface area contributed by atoms with Gasteiger partial charge in [-0.3, -0.25) is 0 Å². The molecule has 7 N–H and O–H groups in total. The van der Waals surface area contributed by atoms with Crippen molar-refractivity contribution in [2.45, 2.75) is 49.3 Å². The van der Waals surface area contributed by atoms with Gasteiger partial charge in [-0.15, -0.1) is 0 Å². The van der Waals surface area contributed by atoms with Gasteiger partial charge in [-0.1, -0.05) is 24.3 Å². The first-order valence-electron chi connectivity index (χ1n) is 13.1. The Kier molecular flexibility index (Phi) is 5.32. The van der Waals surface area contributed by atoms with E-state index in [2.05, 4.69) is 0 Å². The van der Waals surface area contributed by atoms with E-state index >= 15 is 0 Å². The summed E-state index contributed by atoms with van der Waals surface area (Å²) >= 11 is 0. The number of aliphatic hydroxyl groups is 5. The number of aromatic hydroxyl groups is 2. The molecule has 10 heteroatoms. The summed E-state index contributed by atoms with van der Waals surface area (Å²) in [5.41, 5.74) is 1.01. The molecule has 0 fully saturated rings. The smallest absolute Gasteiger partial charge is 0.284 e. The van der Waals surface area contributed by atoms with Crippen LogP contribution in [0.25, 0.3) is 0 Å². The van der Waals surface area contributed by atoms with Crippen LogP contribution in [0, 0.1) is 11.8 Å². The summed E-state index contributed by atoms with van der Waals surface area (Å²) in [6.45, 7) is 0. The third-order valence-corrected chi connectivity index (χ3v) is 8.57. The van der Waals surface area contributed by atoms with Crippen molar-refractivity contribution < 1.29 is 50.0 Å². The van der Waals surface area contributed by atoms with Crippen molar-refractivity contribution in [3.8, 4) is 28.7 Å². The minimum atomic E-state index is -1.79. The third-order valence-electron chi connectivity index (χ3n) is 8.57. The molecule has 0 radical (unpaired) electrons. The number of benzene rings is 2. The van der Waals surface area contributed by atoms with Crippen molar-refractivity contribution in [1.29, 1.82) is 0 Å². The van der Waals surface area contributed by atoms with E-state index in [0.29, 0.717) is 16.7 Å². The molecule has 0 spiro atoms. The van der Waals surface area contributed by atoms with Crippen LogP contribution in [-0.4, -0.2) is 59.8 Å². The fourth-order valence-corrected chi connectivity index (χ4v) is 6.66. The van der Waals surface area contributed by atoms with Crippen molar-refractivity contribution in [1.82, 2.24) is 0 Å². The molecule has 0 saturated heterocycles. The van der Waals surface area contributed by atoms with Crippen LogP contribution in [0.5, 0.6) is 28.7 Å². The van der Waals surface area contributed by atoms with Gasteiger partial charge in [0, 0.05) is 47.9 Å². The first-order valence-corrected chi connectivity index (χ1v) is 13.1. The zero-order valence-corrected chi connectivity index (χ0v) is 21.1. The number of rotatable bonds is 2. The zero-order chi connectivity index (χ0) is 27.9. The highest BCUT2D eigenvalue weighted by Crippen LogP contribution is 2.61. The number of ether oxygens (including phenoxy) is 3. The lowest BCUT2D eigenvalue weighted by Gasteiger charge is -2.53. The van der Waals surface area contributed by atoms with Gasteiger partial charge in [0.05, 0.1) is 23.7 Å². The molecule has 7 atom stereocenters. The molecule has 0 saturated carbocycles. The molecule has 3 heterocycles. The second kappa shape index (κ2) is 8.61. The molecule has 7 rings (SSSR count). The van der Waals surface area contributed by atoms with Crippen molar-refractivity contribution in [3.05, 3.63) is 88.6 Å². The van der Waals surface area contributed by atoms with E-state index < -0.39 is 35.9 Å². The summed E-state index contributed by atoms with van der Waals surface area (Å²) in [6, 6.07) is 6.09. The highest BCUT2D eigenvalue weighted by molar-refractivity contribution is 5.66. The first kappa shape index (κ1) is 24.7. The normalized spacial score (nSPS) is 33.5. The maximum absolute atomic E-state index is 12.0. The molecule has 0 amide bonds. The van der Waals surface area contributed by atoms with E-state index in [-0.39, 0.29) is 71.2 Å². The van der Waals surface area contributed by atoms with Crippen LogP contribution >= 0.6 is 0 Å². The highest BCUT2D eigenvalue weighted by Gasteiger charge is 2.62. The van der Waals surface area contributed by atoms with Gasteiger partial charge in [-0.25, -0.2) is 0 Å². The number of phenols is 2. The predicted molar refractivity (Wildman–Crippen MR) is 140 cm³/mol. The summed E-state index contributed by atoms with van der Waals surface area (Å²) in [5, 5.41) is 75.3. The Morgan fingerprint density at radius 1 is 0.850 bits per heavy atom. The molecular formula is C30H28O10. The van der Waals surface area contributed by atoms with E-state index in [0.717, 1.165) is 0 Å². The number of phenolic OH excluding ortho intramolecular Hbond substituents is 2. The molecule has 10 nitrogen and oxygen atoms in total. The van der Waals surface area contributed by atoms with E-state index in [1.807, 2.05) is 6.08 Å². The Bertz CT molecular complexity index is 1540. The number of allylic oxidation sites excluding steroid dienone is 5. The zero-order valence-electron chi connectivity index (χ0n) is 21.1. The number of hydrogen-bond donors (Lipinski definition) is 7. The quantitative estimate of drug-likeness (QED) is 0.294. The minimum Gasteiger partial charge on any atom is -0.512 e. The van der Waals surface area contributed by atoms with Crippen LogP contribution in [0.4, 0.5) is 0 Å². The Balaban J connectivity index is 1.41. The summed E-state index contributed by atoms with van der Waals surface area (Å²) in [4.78, 5) is 0. The second-order valence-electron chi connectivity index (χ2n) is 10.9. The molecule has 208 valence electrons. The van der Waals surface area contributed by atoms with Crippen molar-refractivity contribution in [2.75, 3.05) is 0 Å². The fraction of sp³-hybridized carbons (Fsp3) is 0.333. The Morgan fingerprint density at radius 2 is 1.65 bits per heavy atom. The number of hydrogen-bond acceptors (Lipinski definition) is 10. The molecule has 40 heavy (non-hydrogen) atoms. The molecule has 2 aromatic carbocycles. The van der Waals surface area contributed by atoms with E-state index in [9.17, 15) is 35.7 Å². The Morgan fingerprint density at radius 3 is 2.42 bits per heavy atom. The monoisotopic (exact) mass is 548 g/mol. The van der Waals surface area contributed by atoms with Crippen LogP contribution < -0.4 is 14.2 Å². The van der Waals surface area contributed by atoms with Crippen LogP contribution in [-0.2, 0) is 6.42 Å². The molecule has 2 aromatic rings. The second-order valence-corrected chi connectivity index (χ2v) is 10.9. The maximum Gasteiger partial charge on any atom is 0.284 e. The maximum atomic E-state index is 12.0. The largest absolute Gasteiger partial charge is 0.512 e. The Hall–Kier alpha value is -4.28. The number of fused-ring (bicyclic) bond motifs is 8. The third kappa shape index (κ3) is 3.42. The van der Waals surface area contributed by atoms with Gasteiger partial charge >= 0.3 is 0 Å². The van der Waals surface area contributed by atoms with Crippen LogP contribution in [0.15, 0.2) is 71.9 Å². The first-order chi connectivity index (χ1) is 19.2. The van der Waals surface area contributed by atoms with Gasteiger partial charge in [-0.05, 0) is 24.3 Å². The van der Waals surface area contributed by atoms with E-state index in [4.69, 9.17) is 14.2 Å². The van der Waals surface area contributed by atoms with Crippen molar-refractivity contribution in [2.24, 2.45) is 11.8 Å². The van der Waals surface area contributed by atoms with Gasteiger partial charge < -0.3 is 50.0 Å². The summed E-state index contributed by atoms with van der Waals surface area (Å²) in [5.74, 6) is -3.98.